The monoisotopic (exact) mass is 357 g/mol. The predicted molar refractivity (Wildman–Crippen MR) is 90.2 cm³/mol. The summed E-state index contributed by atoms with van der Waals surface area (Å²) in [5.41, 5.74) is 7.13. The Morgan fingerprint density at radius 2 is 2.40 bits per heavy atom. The van der Waals surface area contributed by atoms with Gasteiger partial charge in [0.15, 0.2) is 0 Å². The SMILES string of the molecule is CCC1CN(CC(=O)Nc2ccc(N)cc2Br)CCS1. The second kappa shape index (κ2) is 7.33. The number of nitrogens with one attached hydrogen (secondary N) is 1. The number of nitrogens with zero attached hydrogens (tertiary/aromatic N) is 1. The van der Waals surface area contributed by atoms with Crippen LogP contribution in [0.3, 0.4) is 0 Å². The van der Waals surface area contributed by atoms with Gasteiger partial charge in [-0.15, -0.1) is 0 Å². The second-order valence-corrected chi connectivity index (χ2v) is 7.19. The van der Waals surface area contributed by atoms with Crippen LogP contribution < -0.4 is 11.1 Å². The van der Waals surface area contributed by atoms with Gasteiger partial charge in [-0.3, -0.25) is 9.69 Å². The van der Waals surface area contributed by atoms with Crippen LogP contribution in [0, 0.1) is 0 Å². The Morgan fingerprint density at radius 3 is 3.10 bits per heavy atom. The molecule has 1 amide bonds. The number of anilines is 2. The van der Waals surface area contributed by atoms with Gasteiger partial charge in [0.25, 0.3) is 0 Å². The van der Waals surface area contributed by atoms with Crippen LogP contribution >= 0.6 is 27.7 Å². The van der Waals surface area contributed by atoms with Crippen molar-refractivity contribution in [2.75, 3.05) is 36.4 Å². The van der Waals surface area contributed by atoms with Crippen LogP contribution in [0.1, 0.15) is 13.3 Å². The molecule has 1 heterocycles. The number of carbonyl (C=O) groups excluding carboxylic acids is 1. The van der Waals surface area contributed by atoms with Crippen LogP contribution in [-0.2, 0) is 4.79 Å². The van der Waals surface area contributed by atoms with Crippen LogP contribution in [0.15, 0.2) is 22.7 Å². The smallest absolute Gasteiger partial charge is 0.238 e. The van der Waals surface area contributed by atoms with E-state index < -0.39 is 0 Å². The van der Waals surface area contributed by atoms with E-state index in [-0.39, 0.29) is 5.91 Å². The quantitative estimate of drug-likeness (QED) is 0.813. The van der Waals surface area contributed by atoms with Crippen LogP contribution in [-0.4, -0.2) is 41.4 Å². The molecular formula is C14H20BrN3OS. The van der Waals surface area contributed by atoms with E-state index in [1.165, 1.54) is 0 Å². The molecule has 1 saturated heterocycles. The molecule has 1 atom stereocenters. The minimum atomic E-state index is 0.0252. The summed E-state index contributed by atoms with van der Waals surface area (Å²) in [6.07, 6.45) is 1.16. The van der Waals surface area contributed by atoms with Crippen molar-refractivity contribution < 1.29 is 4.79 Å². The van der Waals surface area contributed by atoms with Crippen molar-refractivity contribution in [3.05, 3.63) is 22.7 Å². The molecule has 6 heteroatoms. The van der Waals surface area contributed by atoms with E-state index in [4.69, 9.17) is 5.73 Å². The zero-order valence-corrected chi connectivity index (χ0v) is 14.0. The highest BCUT2D eigenvalue weighted by Gasteiger charge is 2.20. The van der Waals surface area contributed by atoms with Gasteiger partial charge in [0, 0.05) is 34.3 Å². The highest BCUT2D eigenvalue weighted by molar-refractivity contribution is 9.10. The molecule has 3 N–H and O–H groups in total. The summed E-state index contributed by atoms with van der Waals surface area (Å²) >= 11 is 5.42. The molecule has 0 aromatic heterocycles. The Bertz CT molecular complexity index is 483. The summed E-state index contributed by atoms with van der Waals surface area (Å²) in [6.45, 7) is 4.63. The molecule has 110 valence electrons. The van der Waals surface area contributed by atoms with Gasteiger partial charge >= 0.3 is 0 Å². The molecule has 1 aliphatic heterocycles. The van der Waals surface area contributed by atoms with Crippen LogP contribution in [0.5, 0.6) is 0 Å². The molecule has 2 rings (SSSR count). The second-order valence-electron chi connectivity index (χ2n) is 4.92. The first-order valence-corrected chi connectivity index (χ1v) is 8.61. The standard InChI is InChI=1S/C14H20BrN3OS/c1-2-11-8-18(5-6-20-11)9-14(19)17-13-4-3-10(16)7-12(13)15/h3-4,7,11H,2,5-6,8-9,16H2,1H3,(H,17,19). The lowest BCUT2D eigenvalue weighted by molar-refractivity contribution is -0.117. The summed E-state index contributed by atoms with van der Waals surface area (Å²) in [6, 6.07) is 5.39. The van der Waals surface area contributed by atoms with Gasteiger partial charge in [-0.05, 0) is 40.5 Å². The molecule has 1 unspecified atom stereocenters. The first-order chi connectivity index (χ1) is 9.58. The van der Waals surface area contributed by atoms with Crippen molar-refractivity contribution in [2.45, 2.75) is 18.6 Å². The fraction of sp³-hybridized carbons (Fsp3) is 0.500. The Kier molecular flexibility index (Phi) is 5.74. The van der Waals surface area contributed by atoms with Crippen LogP contribution in [0.25, 0.3) is 0 Å². The van der Waals surface area contributed by atoms with E-state index in [0.29, 0.717) is 17.5 Å². The topological polar surface area (TPSA) is 58.4 Å². The number of hydrogen-bond acceptors (Lipinski definition) is 4. The minimum Gasteiger partial charge on any atom is -0.399 e. The zero-order valence-electron chi connectivity index (χ0n) is 11.6. The van der Waals surface area contributed by atoms with Crippen LogP contribution in [0.2, 0.25) is 0 Å². The van der Waals surface area contributed by atoms with Crippen LogP contribution in [0.4, 0.5) is 11.4 Å². The summed E-state index contributed by atoms with van der Waals surface area (Å²) in [4.78, 5) is 14.3. The van der Waals surface area contributed by atoms with Crippen molar-refractivity contribution >= 4 is 45.0 Å². The fourth-order valence-electron chi connectivity index (χ4n) is 2.20. The lowest BCUT2D eigenvalue weighted by Crippen LogP contribution is -2.42. The fourth-order valence-corrected chi connectivity index (χ4v) is 3.94. The maximum Gasteiger partial charge on any atom is 0.238 e. The van der Waals surface area contributed by atoms with Gasteiger partial charge in [0.1, 0.15) is 0 Å². The third kappa shape index (κ3) is 4.40. The molecular weight excluding hydrogens is 338 g/mol. The number of nitrogens with two attached hydrogens (primary N) is 1. The van der Waals surface area contributed by atoms with Crippen molar-refractivity contribution in [1.82, 2.24) is 4.90 Å². The zero-order chi connectivity index (χ0) is 14.5. The molecule has 0 saturated carbocycles. The van der Waals surface area contributed by atoms with Gasteiger partial charge in [0.2, 0.25) is 5.91 Å². The largest absolute Gasteiger partial charge is 0.399 e. The third-order valence-electron chi connectivity index (χ3n) is 3.31. The third-order valence-corrected chi connectivity index (χ3v) is 5.34. The van der Waals surface area contributed by atoms with Crippen molar-refractivity contribution in [3.8, 4) is 0 Å². The number of amides is 1. The summed E-state index contributed by atoms with van der Waals surface area (Å²) in [7, 11) is 0. The number of benzene rings is 1. The molecule has 1 aromatic carbocycles. The number of halogens is 1. The molecule has 1 fully saturated rings. The van der Waals surface area contributed by atoms with E-state index in [0.717, 1.165) is 35.4 Å². The molecule has 20 heavy (non-hydrogen) atoms. The predicted octanol–water partition coefficient (Wildman–Crippen LogP) is 2.80. The number of thioether (sulfide) groups is 1. The van der Waals surface area contributed by atoms with Crippen molar-refractivity contribution in [2.24, 2.45) is 0 Å². The summed E-state index contributed by atoms with van der Waals surface area (Å²) in [5, 5.41) is 3.58. The van der Waals surface area contributed by atoms with E-state index in [1.54, 1.807) is 12.1 Å². The summed E-state index contributed by atoms with van der Waals surface area (Å²) < 4.78 is 0.812. The van der Waals surface area contributed by atoms with Gasteiger partial charge in [-0.2, -0.15) is 11.8 Å². The highest BCUT2D eigenvalue weighted by Crippen LogP contribution is 2.25. The average molecular weight is 358 g/mol. The van der Waals surface area contributed by atoms with Gasteiger partial charge in [-0.25, -0.2) is 0 Å². The Balaban J connectivity index is 1.88. The Labute approximate surface area is 132 Å². The molecule has 1 aromatic rings. The first kappa shape index (κ1) is 15.7. The van der Waals surface area contributed by atoms with Gasteiger partial charge in [-0.1, -0.05) is 6.92 Å². The van der Waals surface area contributed by atoms with E-state index in [1.807, 2.05) is 17.8 Å². The van der Waals surface area contributed by atoms with Crippen molar-refractivity contribution in [1.29, 1.82) is 0 Å². The lowest BCUT2D eigenvalue weighted by Gasteiger charge is -2.31. The molecule has 0 bridgehead atoms. The van der Waals surface area contributed by atoms with Crippen molar-refractivity contribution in [3.63, 3.8) is 0 Å². The van der Waals surface area contributed by atoms with E-state index in [9.17, 15) is 4.79 Å². The number of hydrogen-bond donors (Lipinski definition) is 2. The van der Waals surface area contributed by atoms with Gasteiger partial charge in [0.05, 0.1) is 12.2 Å². The maximum atomic E-state index is 12.1. The number of carbonyl (C=O) groups is 1. The molecule has 0 aliphatic carbocycles. The molecule has 1 aliphatic rings. The lowest BCUT2D eigenvalue weighted by atomic mass is 10.2. The number of rotatable bonds is 4. The minimum absolute atomic E-state index is 0.0252. The molecule has 0 radical (unpaired) electrons. The average Bonchev–Trinajstić information content (AvgIpc) is 2.42. The molecule has 0 spiro atoms. The first-order valence-electron chi connectivity index (χ1n) is 6.77. The van der Waals surface area contributed by atoms with Gasteiger partial charge < -0.3 is 11.1 Å². The van der Waals surface area contributed by atoms with E-state index in [2.05, 4.69) is 33.1 Å². The highest BCUT2D eigenvalue weighted by atomic mass is 79.9. The maximum absolute atomic E-state index is 12.1. The Hall–Kier alpha value is -0.720. The summed E-state index contributed by atoms with van der Waals surface area (Å²) in [5.74, 6) is 1.13. The molecule has 4 nitrogen and oxygen atoms in total. The number of nitrogen functional groups attached to an aromatic ring is 1. The Morgan fingerprint density at radius 1 is 1.60 bits per heavy atom. The van der Waals surface area contributed by atoms with E-state index >= 15 is 0 Å². The normalized spacial score (nSPS) is 19.8.